The Kier molecular flexibility index (Phi) is 4.39. The highest BCUT2D eigenvalue weighted by Crippen LogP contribution is 2.30. The number of hydrogen-bond donors (Lipinski definition) is 1. The normalized spacial score (nSPS) is 25.3. The molecule has 0 aromatic rings. The first kappa shape index (κ1) is 12.0. The average Bonchev–Trinajstić information content (AvgIpc) is 2.24. The van der Waals surface area contributed by atoms with E-state index in [0.29, 0.717) is 0 Å². The zero-order valence-corrected chi connectivity index (χ0v) is 10.1. The SMILES string of the molecule is CCC(CC)(CN)N1CCCCC1C. The van der Waals surface area contributed by atoms with Crippen molar-refractivity contribution in [3.8, 4) is 0 Å². The Labute approximate surface area is 88.8 Å². The van der Waals surface area contributed by atoms with Crippen molar-refractivity contribution >= 4 is 0 Å². The highest BCUT2D eigenvalue weighted by molar-refractivity contribution is 4.93. The summed E-state index contributed by atoms with van der Waals surface area (Å²) in [6.07, 6.45) is 6.47. The molecule has 0 spiro atoms. The Bertz CT molecular complexity index is 155. The van der Waals surface area contributed by atoms with Crippen LogP contribution in [-0.4, -0.2) is 29.6 Å². The van der Waals surface area contributed by atoms with Crippen LogP contribution in [0.1, 0.15) is 52.9 Å². The molecule has 0 aromatic heterocycles. The van der Waals surface area contributed by atoms with Crippen LogP contribution in [-0.2, 0) is 0 Å². The number of rotatable bonds is 4. The van der Waals surface area contributed by atoms with Crippen molar-refractivity contribution in [3.63, 3.8) is 0 Å². The van der Waals surface area contributed by atoms with Gasteiger partial charge in [-0.15, -0.1) is 0 Å². The molecule has 84 valence electrons. The maximum absolute atomic E-state index is 5.98. The molecule has 1 fully saturated rings. The summed E-state index contributed by atoms with van der Waals surface area (Å²) >= 11 is 0. The Morgan fingerprint density at radius 3 is 2.36 bits per heavy atom. The van der Waals surface area contributed by atoms with Gasteiger partial charge in [0.15, 0.2) is 0 Å². The fourth-order valence-electron chi connectivity index (χ4n) is 2.86. The molecule has 1 aliphatic rings. The highest BCUT2D eigenvalue weighted by atomic mass is 15.2. The number of likely N-dealkylation sites (tertiary alicyclic amines) is 1. The van der Waals surface area contributed by atoms with Gasteiger partial charge < -0.3 is 5.73 Å². The fourth-order valence-corrected chi connectivity index (χ4v) is 2.86. The van der Waals surface area contributed by atoms with E-state index in [4.69, 9.17) is 5.73 Å². The zero-order valence-electron chi connectivity index (χ0n) is 10.1. The number of nitrogens with two attached hydrogens (primary N) is 1. The topological polar surface area (TPSA) is 29.3 Å². The Morgan fingerprint density at radius 2 is 1.93 bits per heavy atom. The van der Waals surface area contributed by atoms with E-state index < -0.39 is 0 Å². The van der Waals surface area contributed by atoms with Crippen LogP contribution in [0.4, 0.5) is 0 Å². The summed E-state index contributed by atoms with van der Waals surface area (Å²) < 4.78 is 0. The van der Waals surface area contributed by atoms with Gasteiger partial charge in [-0.1, -0.05) is 20.3 Å². The molecule has 1 heterocycles. The first-order valence-electron chi connectivity index (χ1n) is 6.17. The van der Waals surface area contributed by atoms with Crippen molar-refractivity contribution < 1.29 is 0 Å². The van der Waals surface area contributed by atoms with Gasteiger partial charge in [-0.25, -0.2) is 0 Å². The lowest BCUT2D eigenvalue weighted by Crippen LogP contribution is -2.58. The summed E-state index contributed by atoms with van der Waals surface area (Å²) in [5.74, 6) is 0. The molecule has 2 nitrogen and oxygen atoms in total. The van der Waals surface area contributed by atoms with Crippen LogP contribution in [0.3, 0.4) is 0 Å². The van der Waals surface area contributed by atoms with E-state index in [0.717, 1.165) is 12.6 Å². The molecule has 1 rings (SSSR count). The van der Waals surface area contributed by atoms with Crippen LogP contribution < -0.4 is 5.73 Å². The largest absolute Gasteiger partial charge is 0.329 e. The first-order chi connectivity index (χ1) is 6.70. The van der Waals surface area contributed by atoms with Gasteiger partial charge in [-0.3, -0.25) is 4.90 Å². The molecule has 1 atom stereocenters. The second-order valence-electron chi connectivity index (χ2n) is 4.67. The summed E-state index contributed by atoms with van der Waals surface area (Å²) in [7, 11) is 0. The summed E-state index contributed by atoms with van der Waals surface area (Å²) in [6.45, 7) is 8.97. The summed E-state index contributed by atoms with van der Waals surface area (Å²) in [6, 6.07) is 0.729. The number of piperidine rings is 1. The molecule has 1 unspecified atom stereocenters. The molecule has 2 heteroatoms. The Morgan fingerprint density at radius 1 is 1.29 bits per heavy atom. The minimum Gasteiger partial charge on any atom is -0.329 e. The minimum absolute atomic E-state index is 0.278. The molecule has 14 heavy (non-hydrogen) atoms. The predicted molar refractivity (Wildman–Crippen MR) is 62.4 cm³/mol. The van der Waals surface area contributed by atoms with Crippen molar-refractivity contribution in [1.82, 2.24) is 4.90 Å². The van der Waals surface area contributed by atoms with E-state index >= 15 is 0 Å². The third-order valence-electron chi connectivity index (χ3n) is 4.11. The quantitative estimate of drug-likeness (QED) is 0.751. The van der Waals surface area contributed by atoms with Crippen molar-refractivity contribution in [2.45, 2.75) is 64.5 Å². The van der Waals surface area contributed by atoms with Gasteiger partial charge in [0.2, 0.25) is 0 Å². The molecule has 1 aliphatic heterocycles. The van der Waals surface area contributed by atoms with Crippen LogP contribution >= 0.6 is 0 Å². The molecular formula is C12H26N2. The summed E-state index contributed by atoms with van der Waals surface area (Å²) in [5, 5.41) is 0. The maximum Gasteiger partial charge on any atom is 0.0329 e. The predicted octanol–water partition coefficient (Wildman–Crippen LogP) is 2.38. The summed E-state index contributed by atoms with van der Waals surface area (Å²) in [4.78, 5) is 2.66. The van der Waals surface area contributed by atoms with Crippen molar-refractivity contribution in [3.05, 3.63) is 0 Å². The molecule has 0 aliphatic carbocycles. The Hall–Kier alpha value is -0.0800. The molecule has 0 amide bonds. The van der Waals surface area contributed by atoms with Crippen molar-refractivity contribution in [1.29, 1.82) is 0 Å². The van der Waals surface area contributed by atoms with Gasteiger partial charge >= 0.3 is 0 Å². The lowest BCUT2D eigenvalue weighted by Gasteiger charge is -2.48. The third-order valence-corrected chi connectivity index (χ3v) is 4.11. The van der Waals surface area contributed by atoms with Crippen LogP contribution in [0.2, 0.25) is 0 Å². The van der Waals surface area contributed by atoms with Crippen LogP contribution in [0.25, 0.3) is 0 Å². The van der Waals surface area contributed by atoms with Gasteiger partial charge in [0.1, 0.15) is 0 Å². The minimum atomic E-state index is 0.278. The van der Waals surface area contributed by atoms with Crippen LogP contribution in [0.15, 0.2) is 0 Å². The average molecular weight is 198 g/mol. The number of hydrogen-bond acceptors (Lipinski definition) is 2. The van der Waals surface area contributed by atoms with E-state index in [1.54, 1.807) is 0 Å². The van der Waals surface area contributed by atoms with E-state index in [1.165, 1.54) is 38.6 Å². The van der Waals surface area contributed by atoms with Crippen LogP contribution in [0, 0.1) is 0 Å². The standard InChI is InChI=1S/C12H26N2/c1-4-12(5-2,10-13)14-9-7-6-8-11(14)3/h11H,4-10,13H2,1-3H3. The third kappa shape index (κ3) is 2.12. The fraction of sp³-hybridized carbons (Fsp3) is 1.00. The molecule has 0 saturated carbocycles. The molecular weight excluding hydrogens is 172 g/mol. The van der Waals surface area contributed by atoms with Gasteiger partial charge in [-0.05, 0) is 39.2 Å². The van der Waals surface area contributed by atoms with Crippen LogP contribution in [0.5, 0.6) is 0 Å². The molecule has 1 saturated heterocycles. The second-order valence-corrected chi connectivity index (χ2v) is 4.67. The van der Waals surface area contributed by atoms with Crippen molar-refractivity contribution in [2.75, 3.05) is 13.1 Å². The van der Waals surface area contributed by atoms with E-state index in [-0.39, 0.29) is 5.54 Å². The molecule has 0 radical (unpaired) electrons. The molecule has 0 bridgehead atoms. The molecule has 0 aromatic carbocycles. The lowest BCUT2D eigenvalue weighted by molar-refractivity contribution is 0.0235. The van der Waals surface area contributed by atoms with E-state index in [1.807, 2.05) is 0 Å². The number of nitrogens with zero attached hydrogens (tertiary/aromatic N) is 1. The smallest absolute Gasteiger partial charge is 0.0329 e. The summed E-state index contributed by atoms with van der Waals surface area (Å²) in [5.41, 5.74) is 6.26. The lowest BCUT2D eigenvalue weighted by atomic mass is 9.86. The van der Waals surface area contributed by atoms with Gasteiger partial charge in [0.25, 0.3) is 0 Å². The maximum atomic E-state index is 5.98. The van der Waals surface area contributed by atoms with Gasteiger partial charge in [0.05, 0.1) is 0 Å². The van der Waals surface area contributed by atoms with Gasteiger partial charge in [-0.2, -0.15) is 0 Å². The zero-order chi connectivity index (χ0) is 10.6. The Balaban J connectivity index is 2.74. The first-order valence-corrected chi connectivity index (χ1v) is 6.17. The second kappa shape index (κ2) is 5.13. The monoisotopic (exact) mass is 198 g/mol. The van der Waals surface area contributed by atoms with Gasteiger partial charge in [0, 0.05) is 18.1 Å². The van der Waals surface area contributed by atoms with E-state index in [9.17, 15) is 0 Å². The molecule has 2 N–H and O–H groups in total. The van der Waals surface area contributed by atoms with Crippen molar-refractivity contribution in [2.24, 2.45) is 5.73 Å². The van der Waals surface area contributed by atoms with E-state index in [2.05, 4.69) is 25.7 Å². The highest BCUT2D eigenvalue weighted by Gasteiger charge is 2.35.